The molecule has 2 heteroatoms. The number of nitrogens with two attached hydrogens (primary N) is 1. The van der Waals surface area contributed by atoms with Gasteiger partial charge in [-0.15, -0.1) is 0 Å². The van der Waals surface area contributed by atoms with Crippen LogP contribution in [0, 0.1) is 5.92 Å². The van der Waals surface area contributed by atoms with Gasteiger partial charge in [-0.2, -0.15) is 0 Å². The summed E-state index contributed by atoms with van der Waals surface area (Å²) in [5, 5.41) is 3.72. The Kier molecular flexibility index (Phi) is 8.72. The highest BCUT2D eigenvalue weighted by molar-refractivity contribution is 4.75. The normalized spacial score (nSPS) is 19.4. The molecule has 17 heavy (non-hydrogen) atoms. The SMILES string of the molecule is CCCCCNC(CCN)CC1CCCCC1. The van der Waals surface area contributed by atoms with Gasteiger partial charge in [-0.25, -0.2) is 0 Å². The molecule has 1 rings (SSSR count). The topological polar surface area (TPSA) is 38.0 Å². The first-order chi connectivity index (χ1) is 8.36. The molecule has 1 unspecified atom stereocenters. The van der Waals surface area contributed by atoms with Gasteiger partial charge in [0.15, 0.2) is 0 Å². The molecule has 0 bridgehead atoms. The highest BCUT2D eigenvalue weighted by atomic mass is 14.9. The van der Waals surface area contributed by atoms with Gasteiger partial charge in [0, 0.05) is 6.04 Å². The Balaban J connectivity index is 2.16. The molecule has 1 fully saturated rings. The standard InChI is InChI=1S/C15H32N2/c1-2-3-7-12-17-15(10-11-16)13-14-8-5-4-6-9-14/h14-15,17H,2-13,16H2,1H3. The van der Waals surface area contributed by atoms with Gasteiger partial charge in [-0.05, 0) is 38.3 Å². The molecule has 0 heterocycles. The number of rotatable bonds is 9. The van der Waals surface area contributed by atoms with E-state index in [9.17, 15) is 0 Å². The van der Waals surface area contributed by atoms with Crippen molar-refractivity contribution in [2.24, 2.45) is 11.7 Å². The van der Waals surface area contributed by atoms with Gasteiger partial charge in [0.05, 0.1) is 0 Å². The van der Waals surface area contributed by atoms with Crippen molar-refractivity contribution in [1.82, 2.24) is 5.32 Å². The number of unbranched alkanes of at least 4 members (excludes halogenated alkanes) is 2. The largest absolute Gasteiger partial charge is 0.330 e. The van der Waals surface area contributed by atoms with Crippen LogP contribution in [0.2, 0.25) is 0 Å². The Labute approximate surface area is 108 Å². The molecule has 1 saturated carbocycles. The quantitative estimate of drug-likeness (QED) is 0.606. The van der Waals surface area contributed by atoms with E-state index in [1.165, 1.54) is 64.3 Å². The van der Waals surface area contributed by atoms with Crippen molar-refractivity contribution < 1.29 is 0 Å². The van der Waals surface area contributed by atoms with Crippen LogP contribution in [0.3, 0.4) is 0 Å². The lowest BCUT2D eigenvalue weighted by molar-refractivity contribution is 0.291. The minimum atomic E-state index is 0.681. The fourth-order valence-electron chi connectivity index (χ4n) is 3.01. The van der Waals surface area contributed by atoms with E-state index in [1.54, 1.807) is 0 Å². The van der Waals surface area contributed by atoms with Crippen LogP contribution in [-0.4, -0.2) is 19.1 Å². The van der Waals surface area contributed by atoms with Crippen LogP contribution < -0.4 is 11.1 Å². The summed E-state index contributed by atoms with van der Waals surface area (Å²) >= 11 is 0. The van der Waals surface area contributed by atoms with Gasteiger partial charge >= 0.3 is 0 Å². The van der Waals surface area contributed by atoms with Gasteiger partial charge in [0.1, 0.15) is 0 Å². The second kappa shape index (κ2) is 9.90. The Hall–Kier alpha value is -0.0800. The summed E-state index contributed by atoms with van der Waals surface area (Å²) in [6.07, 6.45) is 13.8. The zero-order chi connectivity index (χ0) is 12.3. The summed E-state index contributed by atoms with van der Waals surface area (Å²) in [6, 6.07) is 0.681. The maximum atomic E-state index is 5.72. The second-order valence-electron chi connectivity index (χ2n) is 5.68. The van der Waals surface area contributed by atoms with E-state index in [0.717, 1.165) is 18.9 Å². The van der Waals surface area contributed by atoms with Crippen LogP contribution in [0.4, 0.5) is 0 Å². The first kappa shape index (κ1) is 15.0. The van der Waals surface area contributed by atoms with E-state index >= 15 is 0 Å². The van der Waals surface area contributed by atoms with Crippen LogP contribution >= 0.6 is 0 Å². The maximum Gasteiger partial charge on any atom is 0.00817 e. The fraction of sp³-hybridized carbons (Fsp3) is 1.00. The molecule has 0 saturated heterocycles. The van der Waals surface area contributed by atoms with Gasteiger partial charge in [0.25, 0.3) is 0 Å². The molecule has 2 nitrogen and oxygen atoms in total. The van der Waals surface area contributed by atoms with E-state index in [4.69, 9.17) is 5.73 Å². The lowest BCUT2D eigenvalue weighted by Crippen LogP contribution is -2.34. The molecular weight excluding hydrogens is 208 g/mol. The highest BCUT2D eigenvalue weighted by Gasteiger charge is 2.18. The van der Waals surface area contributed by atoms with Crippen molar-refractivity contribution in [3.05, 3.63) is 0 Å². The molecular formula is C15H32N2. The van der Waals surface area contributed by atoms with Crippen LogP contribution in [0.15, 0.2) is 0 Å². The summed E-state index contributed by atoms with van der Waals surface area (Å²) in [4.78, 5) is 0. The van der Waals surface area contributed by atoms with Crippen molar-refractivity contribution >= 4 is 0 Å². The van der Waals surface area contributed by atoms with Gasteiger partial charge in [-0.3, -0.25) is 0 Å². The molecule has 0 radical (unpaired) electrons. The van der Waals surface area contributed by atoms with Crippen molar-refractivity contribution in [3.8, 4) is 0 Å². The molecule has 0 aromatic heterocycles. The molecule has 0 aromatic rings. The predicted octanol–water partition coefficient (Wildman–Crippen LogP) is 3.45. The van der Waals surface area contributed by atoms with Crippen LogP contribution in [-0.2, 0) is 0 Å². The fourth-order valence-corrected chi connectivity index (χ4v) is 3.01. The molecule has 0 spiro atoms. The molecule has 1 aliphatic carbocycles. The van der Waals surface area contributed by atoms with E-state index in [1.807, 2.05) is 0 Å². The molecule has 102 valence electrons. The highest BCUT2D eigenvalue weighted by Crippen LogP contribution is 2.27. The van der Waals surface area contributed by atoms with E-state index in [2.05, 4.69) is 12.2 Å². The third-order valence-corrected chi connectivity index (χ3v) is 4.07. The lowest BCUT2D eigenvalue weighted by atomic mass is 9.84. The van der Waals surface area contributed by atoms with Crippen LogP contribution in [0.5, 0.6) is 0 Å². The van der Waals surface area contributed by atoms with Crippen molar-refractivity contribution in [2.45, 2.75) is 77.2 Å². The maximum absolute atomic E-state index is 5.72. The number of nitrogens with one attached hydrogen (secondary N) is 1. The molecule has 0 aliphatic heterocycles. The summed E-state index contributed by atoms with van der Waals surface area (Å²) in [5.74, 6) is 0.971. The van der Waals surface area contributed by atoms with E-state index in [0.29, 0.717) is 6.04 Å². The Bertz CT molecular complexity index is 164. The Morgan fingerprint density at radius 3 is 2.59 bits per heavy atom. The third-order valence-electron chi connectivity index (χ3n) is 4.07. The van der Waals surface area contributed by atoms with Crippen LogP contribution in [0.1, 0.15) is 71.1 Å². The molecule has 0 amide bonds. The van der Waals surface area contributed by atoms with E-state index in [-0.39, 0.29) is 0 Å². The third kappa shape index (κ3) is 7.05. The summed E-state index contributed by atoms with van der Waals surface area (Å²) in [6.45, 7) is 4.28. The average Bonchev–Trinajstić information content (AvgIpc) is 2.36. The number of hydrogen-bond acceptors (Lipinski definition) is 2. The predicted molar refractivity (Wildman–Crippen MR) is 76.2 cm³/mol. The smallest absolute Gasteiger partial charge is 0.00817 e. The van der Waals surface area contributed by atoms with Crippen molar-refractivity contribution in [1.29, 1.82) is 0 Å². The minimum Gasteiger partial charge on any atom is -0.330 e. The van der Waals surface area contributed by atoms with Gasteiger partial charge in [0.2, 0.25) is 0 Å². The Morgan fingerprint density at radius 2 is 1.94 bits per heavy atom. The second-order valence-corrected chi connectivity index (χ2v) is 5.68. The summed E-state index contributed by atoms with van der Waals surface area (Å²) in [5.41, 5.74) is 5.72. The Morgan fingerprint density at radius 1 is 1.18 bits per heavy atom. The molecule has 3 N–H and O–H groups in total. The molecule has 0 aromatic carbocycles. The molecule has 1 atom stereocenters. The average molecular weight is 240 g/mol. The van der Waals surface area contributed by atoms with Crippen molar-refractivity contribution in [3.63, 3.8) is 0 Å². The minimum absolute atomic E-state index is 0.681. The zero-order valence-corrected chi connectivity index (χ0v) is 11.7. The summed E-state index contributed by atoms with van der Waals surface area (Å²) < 4.78 is 0. The van der Waals surface area contributed by atoms with Gasteiger partial charge < -0.3 is 11.1 Å². The lowest BCUT2D eigenvalue weighted by Gasteiger charge is -2.27. The monoisotopic (exact) mass is 240 g/mol. The van der Waals surface area contributed by atoms with E-state index < -0.39 is 0 Å². The zero-order valence-electron chi connectivity index (χ0n) is 11.7. The first-order valence-electron chi connectivity index (χ1n) is 7.80. The summed E-state index contributed by atoms with van der Waals surface area (Å²) in [7, 11) is 0. The first-order valence-corrected chi connectivity index (χ1v) is 7.80. The molecule has 1 aliphatic rings. The van der Waals surface area contributed by atoms with Crippen LogP contribution in [0.25, 0.3) is 0 Å². The van der Waals surface area contributed by atoms with Crippen molar-refractivity contribution in [2.75, 3.05) is 13.1 Å². The van der Waals surface area contributed by atoms with Gasteiger partial charge in [-0.1, -0.05) is 51.9 Å². The number of hydrogen-bond donors (Lipinski definition) is 2.